The lowest BCUT2D eigenvalue weighted by atomic mass is 9.97. The highest BCUT2D eigenvalue weighted by atomic mass is 16.7. The van der Waals surface area contributed by atoms with E-state index in [0.29, 0.717) is 6.61 Å². The molecule has 0 radical (unpaired) electrons. The van der Waals surface area contributed by atoms with Crippen molar-refractivity contribution in [2.75, 3.05) is 6.61 Å². The Kier molecular flexibility index (Phi) is 8.13. The molecule has 4 rings (SSSR count). The van der Waals surface area contributed by atoms with Crippen LogP contribution in [-0.4, -0.2) is 24.3 Å². The number of aryl methyl sites for hydroxylation is 1. The Morgan fingerprint density at radius 2 is 1.85 bits per heavy atom. The van der Waals surface area contributed by atoms with E-state index in [9.17, 15) is 0 Å². The third kappa shape index (κ3) is 7.43. The van der Waals surface area contributed by atoms with Gasteiger partial charge in [-0.3, -0.25) is 0 Å². The topological polar surface area (TPSA) is 36.9 Å². The first-order valence-corrected chi connectivity index (χ1v) is 12.8. The third-order valence-electron chi connectivity index (χ3n) is 6.52. The van der Waals surface area contributed by atoms with Crippen LogP contribution in [0.1, 0.15) is 88.5 Å². The van der Waals surface area contributed by atoms with Crippen LogP contribution in [0.3, 0.4) is 0 Å². The van der Waals surface area contributed by atoms with Crippen molar-refractivity contribution in [3.63, 3.8) is 0 Å². The van der Waals surface area contributed by atoms with Crippen molar-refractivity contribution in [3.05, 3.63) is 64.7 Å². The molecule has 0 N–H and O–H groups in total. The highest BCUT2D eigenvalue weighted by molar-refractivity contribution is 5.70. The Balaban J connectivity index is 1.26. The van der Waals surface area contributed by atoms with E-state index in [1.165, 1.54) is 17.5 Å². The Morgan fingerprint density at radius 3 is 2.65 bits per heavy atom. The zero-order valence-corrected chi connectivity index (χ0v) is 21.3. The van der Waals surface area contributed by atoms with Gasteiger partial charge in [0.15, 0.2) is 6.29 Å². The highest BCUT2D eigenvalue weighted by Crippen LogP contribution is 2.32. The Morgan fingerprint density at radius 1 is 1.03 bits per heavy atom. The predicted molar refractivity (Wildman–Crippen MR) is 138 cm³/mol. The molecule has 0 bridgehead atoms. The fourth-order valence-electron chi connectivity index (χ4n) is 4.60. The fraction of sp³-hybridized carbons (Fsp3) is 0.533. The second kappa shape index (κ2) is 11.1. The standard InChI is InChI=1S/C30H40O4/c1-29(2,34-28-13-6-8-19-31-28)18-7-5-10-23-11-9-12-24(20-23)14-15-25-16-17-27-26(21-25)22-32-30(3,4)33-27/h9,11-12,14-17,20-21,28H,5-8,10,13,18-19,22H2,1-4H3. The number of unbranched alkanes of at least 4 members (excludes halogenated alkanes) is 1. The maximum absolute atomic E-state index is 6.22. The van der Waals surface area contributed by atoms with Crippen molar-refractivity contribution in [3.8, 4) is 5.75 Å². The molecule has 184 valence electrons. The van der Waals surface area contributed by atoms with Crippen LogP contribution in [0.2, 0.25) is 0 Å². The van der Waals surface area contributed by atoms with E-state index in [-0.39, 0.29) is 11.9 Å². The van der Waals surface area contributed by atoms with Crippen LogP contribution < -0.4 is 4.74 Å². The first kappa shape index (κ1) is 25.0. The van der Waals surface area contributed by atoms with Gasteiger partial charge in [0, 0.05) is 26.0 Å². The molecule has 0 aromatic heterocycles. The van der Waals surface area contributed by atoms with Gasteiger partial charge >= 0.3 is 0 Å². The van der Waals surface area contributed by atoms with E-state index < -0.39 is 5.79 Å². The summed E-state index contributed by atoms with van der Waals surface area (Å²) in [7, 11) is 0. The molecule has 1 fully saturated rings. The molecular weight excluding hydrogens is 424 g/mol. The summed E-state index contributed by atoms with van der Waals surface area (Å²) in [6.07, 6.45) is 12.2. The molecule has 2 heterocycles. The van der Waals surface area contributed by atoms with Gasteiger partial charge in [-0.05, 0) is 81.2 Å². The lowest BCUT2D eigenvalue weighted by Gasteiger charge is -2.32. The van der Waals surface area contributed by atoms with Crippen LogP contribution in [0, 0.1) is 0 Å². The summed E-state index contributed by atoms with van der Waals surface area (Å²) >= 11 is 0. The quantitative estimate of drug-likeness (QED) is 0.284. The van der Waals surface area contributed by atoms with Crippen molar-refractivity contribution >= 4 is 12.2 Å². The maximum Gasteiger partial charge on any atom is 0.205 e. The SMILES string of the molecule is CC(C)(CCCCc1cccc(C=Cc2ccc3c(c2)COC(C)(C)O3)c1)OC1CCCCO1. The van der Waals surface area contributed by atoms with E-state index in [1.807, 2.05) is 19.9 Å². The van der Waals surface area contributed by atoms with Crippen molar-refractivity contribution < 1.29 is 18.9 Å². The molecule has 2 aliphatic heterocycles. The van der Waals surface area contributed by atoms with E-state index >= 15 is 0 Å². The molecule has 0 amide bonds. The summed E-state index contributed by atoms with van der Waals surface area (Å²) in [6.45, 7) is 9.68. The van der Waals surface area contributed by atoms with Crippen LogP contribution in [0.5, 0.6) is 5.75 Å². The smallest absolute Gasteiger partial charge is 0.205 e. The lowest BCUT2D eigenvalue weighted by Crippen LogP contribution is -2.35. The van der Waals surface area contributed by atoms with Gasteiger partial charge in [0.05, 0.1) is 12.2 Å². The van der Waals surface area contributed by atoms with Gasteiger partial charge in [-0.25, -0.2) is 0 Å². The first-order chi connectivity index (χ1) is 16.3. The van der Waals surface area contributed by atoms with E-state index in [2.05, 4.69) is 62.4 Å². The largest absolute Gasteiger partial charge is 0.463 e. The van der Waals surface area contributed by atoms with Crippen molar-refractivity contribution in [2.45, 2.75) is 96.9 Å². The number of rotatable bonds is 9. The van der Waals surface area contributed by atoms with Gasteiger partial charge in [0.1, 0.15) is 5.75 Å². The molecular formula is C30H40O4. The molecule has 1 unspecified atom stereocenters. The average molecular weight is 465 g/mol. The Hall–Kier alpha value is -2.14. The van der Waals surface area contributed by atoms with Crippen LogP contribution in [0.15, 0.2) is 42.5 Å². The van der Waals surface area contributed by atoms with Crippen molar-refractivity contribution in [1.82, 2.24) is 0 Å². The maximum atomic E-state index is 6.22. The summed E-state index contributed by atoms with van der Waals surface area (Å²) in [4.78, 5) is 0. The molecule has 2 aliphatic rings. The van der Waals surface area contributed by atoms with Crippen LogP contribution in [0.4, 0.5) is 0 Å². The monoisotopic (exact) mass is 464 g/mol. The molecule has 1 saturated heterocycles. The number of hydrogen-bond acceptors (Lipinski definition) is 4. The molecule has 0 spiro atoms. The number of benzene rings is 2. The van der Waals surface area contributed by atoms with Crippen LogP contribution in [-0.2, 0) is 27.2 Å². The summed E-state index contributed by atoms with van der Waals surface area (Å²) in [6, 6.07) is 15.1. The summed E-state index contributed by atoms with van der Waals surface area (Å²) in [5.41, 5.74) is 4.72. The van der Waals surface area contributed by atoms with Gasteiger partial charge in [-0.2, -0.15) is 0 Å². The second-order valence-electron chi connectivity index (χ2n) is 10.6. The van der Waals surface area contributed by atoms with Crippen LogP contribution in [0.25, 0.3) is 12.2 Å². The zero-order valence-electron chi connectivity index (χ0n) is 21.3. The minimum atomic E-state index is -0.558. The molecule has 2 aromatic carbocycles. The summed E-state index contributed by atoms with van der Waals surface area (Å²) in [5.74, 6) is 0.354. The molecule has 1 atom stereocenters. The van der Waals surface area contributed by atoms with Gasteiger partial charge in [-0.1, -0.05) is 48.9 Å². The minimum absolute atomic E-state index is 0.0192. The molecule has 2 aromatic rings. The predicted octanol–water partition coefficient (Wildman–Crippen LogP) is 7.54. The number of hydrogen-bond donors (Lipinski definition) is 0. The van der Waals surface area contributed by atoms with Gasteiger partial charge < -0.3 is 18.9 Å². The van der Waals surface area contributed by atoms with Gasteiger partial charge in [0.25, 0.3) is 0 Å². The van der Waals surface area contributed by atoms with Crippen LogP contribution >= 0.6 is 0 Å². The van der Waals surface area contributed by atoms with Gasteiger partial charge in [0.2, 0.25) is 5.79 Å². The molecule has 4 nitrogen and oxygen atoms in total. The molecule has 34 heavy (non-hydrogen) atoms. The van der Waals surface area contributed by atoms with Gasteiger partial charge in [-0.15, -0.1) is 0 Å². The van der Waals surface area contributed by atoms with Crippen molar-refractivity contribution in [2.24, 2.45) is 0 Å². The minimum Gasteiger partial charge on any atom is -0.463 e. The first-order valence-electron chi connectivity index (χ1n) is 12.8. The second-order valence-corrected chi connectivity index (χ2v) is 10.6. The average Bonchev–Trinajstić information content (AvgIpc) is 2.81. The third-order valence-corrected chi connectivity index (χ3v) is 6.52. The van der Waals surface area contributed by atoms with E-state index in [4.69, 9.17) is 18.9 Å². The van der Waals surface area contributed by atoms with Crippen molar-refractivity contribution in [1.29, 1.82) is 0 Å². The number of fused-ring (bicyclic) bond motifs is 1. The Bertz CT molecular complexity index is 970. The summed E-state index contributed by atoms with van der Waals surface area (Å²) in [5, 5.41) is 0. The zero-order chi connectivity index (χ0) is 24.0. The lowest BCUT2D eigenvalue weighted by molar-refractivity contribution is -0.217. The highest BCUT2D eigenvalue weighted by Gasteiger charge is 2.27. The summed E-state index contributed by atoms with van der Waals surface area (Å²) < 4.78 is 23.6. The number of ether oxygens (including phenoxy) is 4. The Labute approximate surface area is 205 Å². The molecule has 4 heteroatoms. The fourth-order valence-corrected chi connectivity index (χ4v) is 4.60. The normalized spacial score (nSPS) is 20.2. The molecule has 0 saturated carbocycles. The van der Waals surface area contributed by atoms with E-state index in [1.54, 1.807) is 0 Å². The molecule has 0 aliphatic carbocycles. The van der Waals surface area contributed by atoms with E-state index in [0.717, 1.165) is 62.0 Å².